The monoisotopic (exact) mass is 490 g/mol. The predicted octanol–water partition coefficient (Wildman–Crippen LogP) is 5.02. The van der Waals surface area contributed by atoms with Gasteiger partial charge in [0.15, 0.2) is 0 Å². The minimum atomic E-state index is -0.564. The zero-order valence-electron chi connectivity index (χ0n) is 18.0. The van der Waals surface area contributed by atoms with Crippen molar-refractivity contribution < 1.29 is 9.53 Å². The topological polar surface area (TPSA) is 122 Å². The Kier molecular flexibility index (Phi) is 5.64. The van der Waals surface area contributed by atoms with Gasteiger partial charge < -0.3 is 16.2 Å². The number of nitrogens with two attached hydrogens (primary N) is 2. The molecule has 2 aromatic carbocycles. The molecular weight excluding hydrogens is 472 g/mol. The number of benzene rings is 2. The molecule has 5 rings (SSSR count). The van der Waals surface area contributed by atoms with Crippen LogP contribution >= 0.6 is 22.9 Å². The molecule has 1 amide bonds. The van der Waals surface area contributed by atoms with E-state index in [1.165, 1.54) is 11.3 Å². The average Bonchev–Trinajstić information content (AvgIpc) is 3.43. The zero-order chi connectivity index (χ0) is 23.8. The summed E-state index contributed by atoms with van der Waals surface area (Å²) in [5.74, 6) is 0.195. The molecule has 3 aromatic heterocycles. The van der Waals surface area contributed by atoms with Crippen molar-refractivity contribution in [2.24, 2.45) is 5.73 Å². The molecule has 4 N–H and O–H groups in total. The lowest BCUT2D eigenvalue weighted by Crippen LogP contribution is -2.12. The van der Waals surface area contributed by atoms with Gasteiger partial charge in [-0.3, -0.25) is 9.36 Å². The summed E-state index contributed by atoms with van der Waals surface area (Å²) in [6.45, 7) is 1.87. The molecule has 0 saturated carbocycles. The largest absolute Gasteiger partial charge is 0.484 e. The molecular formula is C24H19ClN6O2S. The van der Waals surface area contributed by atoms with Crippen molar-refractivity contribution in [2.45, 2.75) is 13.0 Å². The summed E-state index contributed by atoms with van der Waals surface area (Å²) >= 11 is 7.55. The van der Waals surface area contributed by atoms with Gasteiger partial charge in [0.25, 0.3) is 5.91 Å². The molecule has 5 aromatic rings. The van der Waals surface area contributed by atoms with Crippen LogP contribution in [0.3, 0.4) is 0 Å². The Labute approximate surface area is 203 Å². The molecule has 0 aliphatic carbocycles. The van der Waals surface area contributed by atoms with Crippen LogP contribution in [0.4, 0.5) is 5.82 Å². The van der Waals surface area contributed by atoms with Gasteiger partial charge in [-0.2, -0.15) is 0 Å². The standard InChI is InChI=1S/C24H19ClN6O2S/c1-13(15-4-2-3-5-16(15)25)33-20-11-22(34-23(20)24(27)32)31-12-28-18-10-14(6-8-19(18)31)17-7-9-21(26)30-29-17/h2-13H,1H3,(H2,26,30)(H2,27,32)/t13-/m1/s1. The number of fused-ring (bicyclic) bond motifs is 1. The number of halogens is 1. The molecule has 0 fully saturated rings. The van der Waals surface area contributed by atoms with Gasteiger partial charge in [-0.05, 0) is 37.3 Å². The Bertz CT molecular complexity index is 1510. The number of thiophene rings is 1. The highest BCUT2D eigenvalue weighted by Gasteiger charge is 2.21. The number of carbonyl (C=O) groups is 1. The number of anilines is 1. The third-order valence-electron chi connectivity index (χ3n) is 5.32. The maximum atomic E-state index is 12.2. The van der Waals surface area contributed by atoms with Crippen molar-refractivity contribution >= 4 is 45.7 Å². The van der Waals surface area contributed by atoms with Gasteiger partial charge in [0.1, 0.15) is 33.9 Å². The summed E-state index contributed by atoms with van der Waals surface area (Å²) in [5.41, 5.74) is 15.3. The lowest BCUT2D eigenvalue weighted by Gasteiger charge is -2.16. The molecule has 8 nitrogen and oxygen atoms in total. The van der Waals surface area contributed by atoms with E-state index >= 15 is 0 Å². The summed E-state index contributed by atoms with van der Waals surface area (Å²) in [7, 11) is 0. The Morgan fingerprint density at radius 1 is 1.12 bits per heavy atom. The van der Waals surface area contributed by atoms with Gasteiger partial charge in [0.2, 0.25) is 0 Å². The maximum Gasteiger partial charge on any atom is 0.262 e. The molecule has 0 bridgehead atoms. The highest BCUT2D eigenvalue weighted by atomic mass is 35.5. The summed E-state index contributed by atoms with van der Waals surface area (Å²) in [6.07, 6.45) is 1.32. The fourth-order valence-electron chi connectivity index (χ4n) is 3.64. The van der Waals surface area contributed by atoms with Crippen LogP contribution in [-0.4, -0.2) is 25.7 Å². The SMILES string of the molecule is C[C@@H](Oc1cc(-n2cnc3cc(-c4ccc(N)nn4)ccc32)sc1C(N)=O)c1ccccc1Cl. The molecule has 0 radical (unpaired) electrons. The third kappa shape index (κ3) is 4.07. The number of aromatic nitrogens is 4. The fraction of sp³-hybridized carbons (Fsp3) is 0.0833. The van der Waals surface area contributed by atoms with Crippen molar-refractivity contribution in [3.63, 3.8) is 0 Å². The van der Waals surface area contributed by atoms with E-state index in [1.54, 1.807) is 24.5 Å². The predicted molar refractivity (Wildman–Crippen MR) is 133 cm³/mol. The van der Waals surface area contributed by atoms with E-state index in [4.69, 9.17) is 27.8 Å². The van der Waals surface area contributed by atoms with Crippen LogP contribution in [0.25, 0.3) is 27.3 Å². The van der Waals surface area contributed by atoms with Crippen LogP contribution in [-0.2, 0) is 0 Å². The molecule has 0 aliphatic heterocycles. The normalized spacial score (nSPS) is 12.1. The number of hydrogen-bond donors (Lipinski definition) is 2. The van der Waals surface area contributed by atoms with Gasteiger partial charge in [-0.1, -0.05) is 35.9 Å². The first-order valence-electron chi connectivity index (χ1n) is 10.3. The molecule has 0 aliphatic rings. The van der Waals surface area contributed by atoms with Gasteiger partial charge >= 0.3 is 0 Å². The summed E-state index contributed by atoms with van der Waals surface area (Å²) in [6, 6.07) is 18.5. The van der Waals surface area contributed by atoms with Crippen molar-refractivity contribution in [1.82, 2.24) is 19.7 Å². The summed E-state index contributed by atoms with van der Waals surface area (Å²) < 4.78 is 8.00. The van der Waals surface area contributed by atoms with E-state index in [0.717, 1.165) is 27.2 Å². The number of nitrogens with zero attached hydrogens (tertiary/aromatic N) is 4. The van der Waals surface area contributed by atoms with E-state index in [9.17, 15) is 4.79 Å². The Morgan fingerprint density at radius 2 is 1.94 bits per heavy atom. The molecule has 0 spiro atoms. The van der Waals surface area contributed by atoms with Crippen molar-refractivity contribution in [1.29, 1.82) is 0 Å². The average molecular weight is 491 g/mol. The van der Waals surface area contributed by atoms with E-state index in [-0.39, 0.29) is 6.10 Å². The molecule has 1 atom stereocenters. The minimum absolute atomic E-state index is 0.324. The second-order valence-electron chi connectivity index (χ2n) is 7.59. The second-order valence-corrected chi connectivity index (χ2v) is 9.02. The first-order chi connectivity index (χ1) is 16.4. The van der Waals surface area contributed by atoms with Crippen LogP contribution in [0.5, 0.6) is 5.75 Å². The van der Waals surface area contributed by atoms with Crippen LogP contribution in [0.1, 0.15) is 28.3 Å². The van der Waals surface area contributed by atoms with Gasteiger partial charge in [0, 0.05) is 22.2 Å². The Balaban J connectivity index is 1.50. The number of primary amides is 1. The van der Waals surface area contributed by atoms with Gasteiger partial charge in [-0.25, -0.2) is 4.98 Å². The quantitative estimate of drug-likeness (QED) is 0.344. The summed E-state index contributed by atoms with van der Waals surface area (Å²) in [4.78, 5) is 17.0. The van der Waals surface area contributed by atoms with E-state index in [1.807, 2.05) is 54.0 Å². The van der Waals surface area contributed by atoms with Crippen LogP contribution in [0.2, 0.25) is 5.02 Å². The lowest BCUT2D eigenvalue weighted by molar-refractivity contribution is 0.0998. The van der Waals surface area contributed by atoms with Crippen molar-refractivity contribution in [3.05, 3.63) is 82.5 Å². The Morgan fingerprint density at radius 3 is 2.68 bits per heavy atom. The van der Waals surface area contributed by atoms with E-state index in [2.05, 4.69) is 15.2 Å². The lowest BCUT2D eigenvalue weighted by atomic mass is 10.1. The number of rotatable bonds is 6. The highest BCUT2D eigenvalue weighted by molar-refractivity contribution is 7.16. The number of nitrogen functional groups attached to an aromatic ring is 1. The second kappa shape index (κ2) is 8.77. The van der Waals surface area contributed by atoms with E-state index < -0.39 is 5.91 Å². The molecule has 0 unspecified atom stereocenters. The molecule has 3 heterocycles. The van der Waals surface area contributed by atoms with Gasteiger partial charge in [0.05, 0.1) is 16.7 Å². The molecule has 10 heteroatoms. The number of imidazole rings is 1. The minimum Gasteiger partial charge on any atom is -0.484 e. The van der Waals surface area contributed by atoms with Crippen LogP contribution < -0.4 is 16.2 Å². The summed E-state index contributed by atoms with van der Waals surface area (Å²) in [5, 5.41) is 9.37. The maximum absolute atomic E-state index is 12.2. The van der Waals surface area contributed by atoms with Crippen LogP contribution in [0, 0.1) is 0 Å². The molecule has 170 valence electrons. The molecule has 0 saturated heterocycles. The smallest absolute Gasteiger partial charge is 0.262 e. The first-order valence-corrected chi connectivity index (χ1v) is 11.5. The number of carbonyl (C=O) groups excluding carboxylic acids is 1. The van der Waals surface area contributed by atoms with E-state index in [0.29, 0.717) is 27.2 Å². The number of amides is 1. The number of hydrogen-bond acceptors (Lipinski definition) is 7. The number of ether oxygens (including phenoxy) is 1. The first kappa shape index (κ1) is 21.9. The van der Waals surface area contributed by atoms with Crippen molar-refractivity contribution in [3.8, 4) is 22.0 Å². The Hall–Kier alpha value is -3.95. The van der Waals surface area contributed by atoms with Crippen LogP contribution in [0.15, 0.2) is 67.0 Å². The molecule has 34 heavy (non-hydrogen) atoms. The highest BCUT2D eigenvalue weighted by Crippen LogP contribution is 2.37. The van der Waals surface area contributed by atoms with Gasteiger partial charge in [-0.15, -0.1) is 21.5 Å². The van der Waals surface area contributed by atoms with Crippen molar-refractivity contribution in [2.75, 3.05) is 5.73 Å². The third-order valence-corrected chi connectivity index (χ3v) is 6.80. The zero-order valence-corrected chi connectivity index (χ0v) is 19.5. The fourth-order valence-corrected chi connectivity index (χ4v) is 4.86.